The summed E-state index contributed by atoms with van der Waals surface area (Å²) in [7, 11) is 0. The Morgan fingerprint density at radius 1 is 1.21 bits per heavy atom. The van der Waals surface area contributed by atoms with Crippen molar-refractivity contribution in [1.29, 1.82) is 0 Å². The molecule has 1 aliphatic rings. The Kier molecular flexibility index (Phi) is 5.25. The minimum absolute atomic E-state index is 0.628. The van der Waals surface area contributed by atoms with Crippen molar-refractivity contribution in [2.24, 2.45) is 10.7 Å². The summed E-state index contributed by atoms with van der Waals surface area (Å²) in [6.45, 7) is 7.07. The van der Waals surface area contributed by atoms with E-state index in [4.69, 9.17) is 17.3 Å². The number of halogens is 1. The number of aliphatic imine (C=N–C) groups is 1. The first-order valence-corrected chi connectivity index (χ1v) is 8.54. The van der Waals surface area contributed by atoms with E-state index in [1.165, 1.54) is 5.69 Å². The lowest BCUT2D eigenvalue weighted by Crippen LogP contribution is -2.51. The molecule has 0 unspecified atom stereocenters. The number of aryl methyl sites for hydroxylation is 1. The fourth-order valence-electron chi connectivity index (χ4n) is 2.86. The van der Waals surface area contributed by atoms with Gasteiger partial charge in [-0.3, -0.25) is 4.99 Å². The molecule has 1 aromatic heterocycles. The molecule has 0 spiro atoms. The summed E-state index contributed by atoms with van der Waals surface area (Å²) in [5.41, 5.74) is 7.34. The Morgan fingerprint density at radius 2 is 1.92 bits per heavy atom. The van der Waals surface area contributed by atoms with Crippen LogP contribution in [0.25, 0.3) is 0 Å². The van der Waals surface area contributed by atoms with Crippen LogP contribution in [0, 0.1) is 6.92 Å². The molecule has 0 atom stereocenters. The molecule has 128 valence electrons. The van der Waals surface area contributed by atoms with Gasteiger partial charge in [0.1, 0.15) is 5.82 Å². The van der Waals surface area contributed by atoms with E-state index in [0.717, 1.165) is 43.6 Å². The van der Waals surface area contributed by atoms with E-state index in [0.29, 0.717) is 12.5 Å². The molecule has 0 radical (unpaired) electrons. The molecular formula is C17H23ClN6. The third-order valence-corrected chi connectivity index (χ3v) is 4.59. The average Bonchev–Trinajstić information content (AvgIpc) is 3.01. The van der Waals surface area contributed by atoms with Crippen molar-refractivity contribution in [3.8, 4) is 0 Å². The Hall–Kier alpha value is -2.21. The van der Waals surface area contributed by atoms with Gasteiger partial charge in [-0.25, -0.2) is 4.98 Å². The molecule has 1 aliphatic heterocycles. The standard InChI is InChI=1S/C17H23ClN6/c1-14-20-6-8-22(14)9-7-21-17(19)24-12-10-23(11-13-24)16-4-2-15(18)3-5-16/h2-6,8H,7,9-13H2,1H3,(H2,19,21). The summed E-state index contributed by atoms with van der Waals surface area (Å²) < 4.78 is 2.08. The number of nitrogens with zero attached hydrogens (tertiary/aromatic N) is 5. The zero-order valence-corrected chi connectivity index (χ0v) is 14.7. The Balaban J connectivity index is 1.49. The fraction of sp³-hybridized carbons (Fsp3) is 0.412. The van der Waals surface area contributed by atoms with E-state index < -0.39 is 0 Å². The molecule has 2 heterocycles. The third kappa shape index (κ3) is 4.00. The zero-order chi connectivity index (χ0) is 16.9. The van der Waals surface area contributed by atoms with Crippen molar-refractivity contribution >= 4 is 23.2 Å². The van der Waals surface area contributed by atoms with Crippen LogP contribution in [0.4, 0.5) is 5.69 Å². The fourth-order valence-corrected chi connectivity index (χ4v) is 2.98. The van der Waals surface area contributed by atoms with E-state index >= 15 is 0 Å². The first-order valence-electron chi connectivity index (χ1n) is 8.16. The van der Waals surface area contributed by atoms with E-state index in [9.17, 15) is 0 Å². The van der Waals surface area contributed by atoms with E-state index in [1.807, 2.05) is 25.3 Å². The second-order valence-electron chi connectivity index (χ2n) is 5.86. The van der Waals surface area contributed by atoms with Gasteiger partial charge >= 0.3 is 0 Å². The van der Waals surface area contributed by atoms with Gasteiger partial charge in [0.05, 0.1) is 6.54 Å². The number of hydrogen-bond donors (Lipinski definition) is 1. The molecule has 2 N–H and O–H groups in total. The number of rotatable bonds is 4. The van der Waals surface area contributed by atoms with Crippen LogP contribution in [0.3, 0.4) is 0 Å². The maximum absolute atomic E-state index is 6.15. The lowest BCUT2D eigenvalue weighted by atomic mass is 10.2. The van der Waals surface area contributed by atoms with Crippen molar-refractivity contribution in [2.75, 3.05) is 37.6 Å². The van der Waals surface area contributed by atoms with Crippen molar-refractivity contribution in [3.05, 3.63) is 47.5 Å². The third-order valence-electron chi connectivity index (χ3n) is 4.33. The average molecular weight is 347 g/mol. The summed E-state index contributed by atoms with van der Waals surface area (Å²) in [4.78, 5) is 13.2. The number of benzene rings is 1. The minimum Gasteiger partial charge on any atom is -0.370 e. The molecule has 0 bridgehead atoms. The predicted molar refractivity (Wildman–Crippen MR) is 98.7 cm³/mol. The lowest BCUT2D eigenvalue weighted by molar-refractivity contribution is 0.380. The number of imidazole rings is 1. The topological polar surface area (TPSA) is 62.7 Å². The van der Waals surface area contributed by atoms with Gasteiger partial charge in [-0.05, 0) is 31.2 Å². The number of nitrogens with two attached hydrogens (primary N) is 1. The van der Waals surface area contributed by atoms with E-state index in [2.05, 4.69) is 36.5 Å². The molecule has 3 rings (SSSR count). The zero-order valence-electron chi connectivity index (χ0n) is 13.9. The maximum atomic E-state index is 6.15. The summed E-state index contributed by atoms with van der Waals surface area (Å²) in [5, 5.41) is 0.766. The molecule has 7 heteroatoms. The first kappa shape index (κ1) is 16.6. The van der Waals surface area contributed by atoms with Crippen LogP contribution in [0.15, 0.2) is 41.7 Å². The highest BCUT2D eigenvalue weighted by Gasteiger charge is 2.18. The summed E-state index contributed by atoms with van der Waals surface area (Å²) >= 11 is 5.95. The van der Waals surface area contributed by atoms with Crippen LogP contribution < -0.4 is 10.6 Å². The van der Waals surface area contributed by atoms with Crippen LogP contribution in [-0.2, 0) is 6.54 Å². The molecule has 0 saturated carbocycles. The number of piperazine rings is 1. The molecule has 1 saturated heterocycles. The molecule has 1 aromatic carbocycles. The Bertz CT molecular complexity index is 685. The van der Waals surface area contributed by atoms with Gasteiger partial charge < -0.3 is 20.1 Å². The highest BCUT2D eigenvalue weighted by Crippen LogP contribution is 2.19. The number of guanidine groups is 1. The van der Waals surface area contributed by atoms with Crippen molar-refractivity contribution in [2.45, 2.75) is 13.5 Å². The van der Waals surface area contributed by atoms with Gasteiger partial charge in [0.15, 0.2) is 5.96 Å². The lowest BCUT2D eigenvalue weighted by Gasteiger charge is -2.36. The van der Waals surface area contributed by atoms with Crippen LogP contribution in [-0.4, -0.2) is 53.1 Å². The summed E-state index contributed by atoms with van der Waals surface area (Å²) in [6, 6.07) is 7.97. The highest BCUT2D eigenvalue weighted by molar-refractivity contribution is 6.30. The number of aromatic nitrogens is 2. The van der Waals surface area contributed by atoms with Crippen LogP contribution >= 0.6 is 11.6 Å². The smallest absolute Gasteiger partial charge is 0.191 e. The summed E-state index contributed by atoms with van der Waals surface area (Å²) in [5.74, 6) is 1.63. The molecule has 2 aromatic rings. The van der Waals surface area contributed by atoms with Gasteiger partial charge in [0.2, 0.25) is 0 Å². The van der Waals surface area contributed by atoms with Crippen LogP contribution in [0.2, 0.25) is 5.02 Å². The van der Waals surface area contributed by atoms with Gasteiger partial charge in [0.25, 0.3) is 0 Å². The van der Waals surface area contributed by atoms with Gasteiger partial charge in [-0.1, -0.05) is 11.6 Å². The van der Waals surface area contributed by atoms with Crippen LogP contribution in [0.1, 0.15) is 5.82 Å². The Morgan fingerprint density at radius 3 is 2.54 bits per heavy atom. The molecular weight excluding hydrogens is 324 g/mol. The maximum Gasteiger partial charge on any atom is 0.191 e. The van der Waals surface area contributed by atoms with Gasteiger partial charge in [0, 0.05) is 55.8 Å². The van der Waals surface area contributed by atoms with Crippen molar-refractivity contribution in [3.63, 3.8) is 0 Å². The second kappa shape index (κ2) is 7.57. The normalized spacial score (nSPS) is 15.8. The van der Waals surface area contributed by atoms with Crippen molar-refractivity contribution in [1.82, 2.24) is 14.5 Å². The van der Waals surface area contributed by atoms with Crippen molar-refractivity contribution < 1.29 is 0 Å². The predicted octanol–water partition coefficient (Wildman–Crippen LogP) is 1.98. The molecule has 6 nitrogen and oxygen atoms in total. The SMILES string of the molecule is Cc1nccn1CCN=C(N)N1CCN(c2ccc(Cl)cc2)CC1. The largest absolute Gasteiger partial charge is 0.370 e. The number of anilines is 1. The first-order chi connectivity index (χ1) is 11.6. The van der Waals surface area contributed by atoms with E-state index in [-0.39, 0.29) is 0 Å². The number of hydrogen-bond acceptors (Lipinski definition) is 3. The van der Waals surface area contributed by atoms with Gasteiger partial charge in [-0.15, -0.1) is 0 Å². The quantitative estimate of drug-likeness (QED) is 0.679. The Labute approximate surface area is 147 Å². The van der Waals surface area contributed by atoms with Gasteiger partial charge in [-0.2, -0.15) is 0 Å². The monoisotopic (exact) mass is 346 g/mol. The molecule has 0 amide bonds. The molecule has 0 aliphatic carbocycles. The summed E-state index contributed by atoms with van der Waals surface area (Å²) in [6.07, 6.45) is 3.77. The minimum atomic E-state index is 0.628. The molecule has 24 heavy (non-hydrogen) atoms. The highest BCUT2D eigenvalue weighted by atomic mass is 35.5. The van der Waals surface area contributed by atoms with Crippen LogP contribution in [0.5, 0.6) is 0 Å². The second-order valence-corrected chi connectivity index (χ2v) is 6.29. The van der Waals surface area contributed by atoms with E-state index in [1.54, 1.807) is 6.20 Å². The molecule has 1 fully saturated rings.